The highest BCUT2D eigenvalue weighted by atomic mass is 19.1. The SMILES string of the molecule is CCc1ccc(C(=O)NCCC2CCOCC2)c(F)c1. The summed E-state index contributed by atoms with van der Waals surface area (Å²) >= 11 is 0. The summed E-state index contributed by atoms with van der Waals surface area (Å²) in [6.45, 7) is 4.18. The number of hydrogen-bond acceptors (Lipinski definition) is 2. The normalized spacial score (nSPS) is 16.1. The summed E-state index contributed by atoms with van der Waals surface area (Å²) in [5.74, 6) is -0.151. The van der Waals surface area contributed by atoms with Gasteiger partial charge in [-0.1, -0.05) is 13.0 Å². The largest absolute Gasteiger partial charge is 0.381 e. The van der Waals surface area contributed by atoms with Crippen LogP contribution in [0.15, 0.2) is 18.2 Å². The Bertz CT molecular complexity index is 456. The van der Waals surface area contributed by atoms with Gasteiger partial charge in [0.1, 0.15) is 5.82 Å². The second-order valence-electron chi connectivity index (χ2n) is 5.27. The number of aryl methyl sites for hydroxylation is 1. The Morgan fingerprint density at radius 2 is 2.15 bits per heavy atom. The summed E-state index contributed by atoms with van der Waals surface area (Å²) in [7, 11) is 0. The van der Waals surface area contributed by atoms with E-state index in [9.17, 15) is 9.18 Å². The molecule has 0 spiro atoms. The third kappa shape index (κ3) is 4.04. The molecule has 1 fully saturated rings. The molecule has 0 aliphatic carbocycles. The lowest BCUT2D eigenvalue weighted by atomic mass is 9.96. The van der Waals surface area contributed by atoms with Gasteiger partial charge in [-0.2, -0.15) is 0 Å². The van der Waals surface area contributed by atoms with E-state index in [2.05, 4.69) is 5.32 Å². The summed E-state index contributed by atoms with van der Waals surface area (Å²) in [6, 6.07) is 4.81. The average molecular weight is 279 g/mol. The maximum absolute atomic E-state index is 13.8. The van der Waals surface area contributed by atoms with Gasteiger partial charge in [-0.3, -0.25) is 4.79 Å². The van der Waals surface area contributed by atoms with Gasteiger partial charge in [-0.05, 0) is 49.3 Å². The lowest BCUT2D eigenvalue weighted by Crippen LogP contribution is -2.28. The Morgan fingerprint density at radius 3 is 2.80 bits per heavy atom. The number of hydrogen-bond donors (Lipinski definition) is 1. The molecular weight excluding hydrogens is 257 g/mol. The Labute approximate surface area is 119 Å². The zero-order chi connectivity index (χ0) is 14.4. The zero-order valence-corrected chi connectivity index (χ0v) is 12.0. The van der Waals surface area contributed by atoms with Gasteiger partial charge in [-0.25, -0.2) is 4.39 Å². The van der Waals surface area contributed by atoms with Gasteiger partial charge >= 0.3 is 0 Å². The Balaban J connectivity index is 1.82. The fourth-order valence-electron chi connectivity index (χ4n) is 2.48. The van der Waals surface area contributed by atoms with Crippen LogP contribution in [0.1, 0.15) is 42.1 Å². The zero-order valence-electron chi connectivity index (χ0n) is 12.0. The maximum Gasteiger partial charge on any atom is 0.254 e. The molecule has 0 unspecified atom stereocenters. The molecule has 3 nitrogen and oxygen atoms in total. The van der Waals surface area contributed by atoms with Gasteiger partial charge in [0.2, 0.25) is 0 Å². The molecule has 0 bridgehead atoms. The predicted octanol–water partition coefficient (Wildman–Crippen LogP) is 2.93. The van der Waals surface area contributed by atoms with Gasteiger partial charge in [0.05, 0.1) is 5.56 Å². The predicted molar refractivity (Wildman–Crippen MR) is 76.3 cm³/mol. The molecule has 1 saturated heterocycles. The average Bonchev–Trinajstić information content (AvgIpc) is 2.48. The molecule has 1 aromatic carbocycles. The minimum atomic E-state index is -0.437. The van der Waals surface area contributed by atoms with Crippen LogP contribution in [0, 0.1) is 11.7 Å². The van der Waals surface area contributed by atoms with Gasteiger partial charge in [0, 0.05) is 19.8 Å². The number of amides is 1. The number of carbonyl (C=O) groups excluding carboxylic acids is 1. The summed E-state index contributed by atoms with van der Waals surface area (Å²) in [5, 5.41) is 2.80. The minimum Gasteiger partial charge on any atom is -0.381 e. The van der Waals surface area contributed by atoms with Crippen molar-refractivity contribution in [3.63, 3.8) is 0 Å². The Kier molecular flexibility index (Phi) is 5.53. The number of nitrogens with one attached hydrogen (secondary N) is 1. The van der Waals surface area contributed by atoms with Crippen LogP contribution < -0.4 is 5.32 Å². The molecule has 1 aromatic rings. The molecule has 20 heavy (non-hydrogen) atoms. The van der Waals surface area contributed by atoms with E-state index >= 15 is 0 Å². The molecule has 1 heterocycles. The van der Waals surface area contributed by atoms with E-state index in [0.717, 1.165) is 44.5 Å². The van der Waals surface area contributed by atoms with Crippen molar-refractivity contribution < 1.29 is 13.9 Å². The van der Waals surface area contributed by atoms with E-state index < -0.39 is 5.82 Å². The fourth-order valence-corrected chi connectivity index (χ4v) is 2.48. The quantitative estimate of drug-likeness (QED) is 0.900. The number of rotatable bonds is 5. The molecular formula is C16H22FNO2. The third-order valence-electron chi connectivity index (χ3n) is 3.87. The van der Waals surface area contributed by atoms with Crippen molar-refractivity contribution in [1.29, 1.82) is 0 Å². The Morgan fingerprint density at radius 1 is 1.40 bits per heavy atom. The van der Waals surface area contributed by atoms with Gasteiger partial charge < -0.3 is 10.1 Å². The minimum absolute atomic E-state index is 0.133. The van der Waals surface area contributed by atoms with Gasteiger partial charge in [0.25, 0.3) is 5.91 Å². The monoisotopic (exact) mass is 279 g/mol. The summed E-state index contributed by atoms with van der Waals surface area (Å²) in [4.78, 5) is 11.9. The summed E-state index contributed by atoms with van der Waals surface area (Å²) in [6.07, 6.45) is 3.80. The first-order valence-electron chi connectivity index (χ1n) is 7.35. The first kappa shape index (κ1) is 15.0. The smallest absolute Gasteiger partial charge is 0.254 e. The van der Waals surface area contributed by atoms with Crippen molar-refractivity contribution >= 4 is 5.91 Å². The number of carbonyl (C=O) groups is 1. The van der Waals surface area contributed by atoms with Gasteiger partial charge in [-0.15, -0.1) is 0 Å². The molecule has 1 aliphatic rings. The van der Waals surface area contributed by atoms with E-state index in [1.54, 1.807) is 12.1 Å². The van der Waals surface area contributed by atoms with Crippen LogP contribution in [0.4, 0.5) is 4.39 Å². The lowest BCUT2D eigenvalue weighted by Gasteiger charge is -2.21. The molecule has 1 N–H and O–H groups in total. The first-order valence-corrected chi connectivity index (χ1v) is 7.35. The van der Waals surface area contributed by atoms with E-state index in [-0.39, 0.29) is 11.5 Å². The highest BCUT2D eigenvalue weighted by Crippen LogP contribution is 2.17. The van der Waals surface area contributed by atoms with Crippen molar-refractivity contribution in [1.82, 2.24) is 5.32 Å². The first-order chi connectivity index (χ1) is 9.70. The third-order valence-corrected chi connectivity index (χ3v) is 3.87. The molecule has 0 atom stereocenters. The number of ether oxygens (including phenoxy) is 1. The number of benzene rings is 1. The van der Waals surface area contributed by atoms with Crippen molar-refractivity contribution in [2.45, 2.75) is 32.6 Å². The molecule has 4 heteroatoms. The van der Waals surface area contributed by atoms with Gasteiger partial charge in [0.15, 0.2) is 0 Å². The molecule has 0 aromatic heterocycles. The molecule has 110 valence electrons. The molecule has 0 saturated carbocycles. The highest BCUT2D eigenvalue weighted by molar-refractivity contribution is 5.94. The van der Waals surface area contributed by atoms with Crippen molar-refractivity contribution in [3.8, 4) is 0 Å². The molecule has 2 rings (SSSR count). The van der Waals surface area contributed by atoms with Crippen molar-refractivity contribution in [3.05, 3.63) is 35.1 Å². The lowest BCUT2D eigenvalue weighted by molar-refractivity contribution is 0.0636. The van der Waals surface area contributed by atoms with Crippen LogP contribution >= 0.6 is 0 Å². The molecule has 0 radical (unpaired) electrons. The molecule has 1 amide bonds. The topological polar surface area (TPSA) is 38.3 Å². The van der Waals surface area contributed by atoms with Crippen LogP contribution in [0.2, 0.25) is 0 Å². The van der Waals surface area contributed by atoms with Crippen LogP contribution in [-0.4, -0.2) is 25.7 Å². The summed E-state index contributed by atoms with van der Waals surface area (Å²) in [5.41, 5.74) is 1.04. The van der Waals surface area contributed by atoms with Crippen LogP contribution in [-0.2, 0) is 11.2 Å². The number of halogens is 1. The van der Waals surface area contributed by atoms with E-state index in [4.69, 9.17) is 4.74 Å². The van der Waals surface area contributed by atoms with Crippen LogP contribution in [0.25, 0.3) is 0 Å². The second kappa shape index (κ2) is 7.39. The Hall–Kier alpha value is -1.42. The fraction of sp³-hybridized carbons (Fsp3) is 0.562. The standard InChI is InChI=1S/C16H22FNO2/c1-2-12-3-4-14(15(17)11-12)16(19)18-8-5-13-6-9-20-10-7-13/h3-4,11,13H,2,5-10H2,1H3,(H,18,19). The second-order valence-corrected chi connectivity index (χ2v) is 5.27. The highest BCUT2D eigenvalue weighted by Gasteiger charge is 2.15. The maximum atomic E-state index is 13.8. The van der Waals surface area contributed by atoms with E-state index in [1.807, 2.05) is 6.92 Å². The van der Waals surface area contributed by atoms with Crippen LogP contribution in [0.5, 0.6) is 0 Å². The molecule has 1 aliphatic heterocycles. The van der Waals surface area contributed by atoms with E-state index in [1.165, 1.54) is 6.07 Å². The van der Waals surface area contributed by atoms with Crippen molar-refractivity contribution in [2.24, 2.45) is 5.92 Å². The van der Waals surface area contributed by atoms with E-state index in [0.29, 0.717) is 12.5 Å². The van der Waals surface area contributed by atoms with Crippen molar-refractivity contribution in [2.75, 3.05) is 19.8 Å². The summed E-state index contributed by atoms with van der Waals surface area (Å²) < 4.78 is 19.1. The van der Waals surface area contributed by atoms with Crippen LogP contribution in [0.3, 0.4) is 0 Å².